The SMILES string of the molecule is C=C1/C=C\C=C/CNc2c1ccc1c3ccccc3n(-c3ccccc3)c21. The van der Waals surface area contributed by atoms with E-state index >= 15 is 0 Å². The number of aromatic nitrogens is 1. The third-order valence-electron chi connectivity index (χ3n) is 5.14. The summed E-state index contributed by atoms with van der Waals surface area (Å²) in [6.45, 7) is 5.07. The smallest absolute Gasteiger partial charge is 0.0779 e. The summed E-state index contributed by atoms with van der Waals surface area (Å²) in [6.07, 6.45) is 8.32. The van der Waals surface area contributed by atoms with Crippen molar-refractivity contribution in [2.75, 3.05) is 11.9 Å². The lowest BCUT2D eigenvalue weighted by atomic mass is 10.0. The summed E-state index contributed by atoms with van der Waals surface area (Å²) in [7, 11) is 0. The molecule has 0 radical (unpaired) electrons. The van der Waals surface area contributed by atoms with Crippen molar-refractivity contribution in [2.45, 2.75) is 0 Å². The Morgan fingerprint density at radius 1 is 0.815 bits per heavy atom. The fraction of sp³-hybridized carbons (Fsp3) is 0.0400. The third-order valence-corrected chi connectivity index (χ3v) is 5.14. The largest absolute Gasteiger partial charge is 0.379 e. The van der Waals surface area contributed by atoms with E-state index in [1.165, 1.54) is 21.8 Å². The molecule has 0 spiro atoms. The topological polar surface area (TPSA) is 17.0 Å². The minimum absolute atomic E-state index is 0.778. The van der Waals surface area contributed by atoms with Gasteiger partial charge in [-0.1, -0.05) is 79.4 Å². The van der Waals surface area contributed by atoms with Crippen LogP contribution in [0.2, 0.25) is 0 Å². The van der Waals surface area contributed by atoms with Crippen LogP contribution in [0.3, 0.4) is 0 Å². The van der Waals surface area contributed by atoms with Crippen LogP contribution in [0.25, 0.3) is 33.1 Å². The van der Waals surface area contributed by atoms with E-state index in [1.54, 1.807) is 0 Å². The molecule has 2 nitrogen and oxygen atoms in total. The van der Waals surface area contributed by atoms with Crippen molar-refractivity contribution in [3.63, 3.8) is 0 Å². The van der Waals surface area contributed by atoms with Gasteiger partial charge in [0.25, 0.3) is 0 Å². The second-order valence-corrected chi connectivity index (χ2v) is 6.77. The highest BCUT2D eigenvalue weighted by atomic mass is 15.0. The van der Waals surface area contributed by atoms with Gasteiger partial charge in [0, 0.05) is 28.6 Å². The molecule has 4 aromatic rings. The van der Waals surface area contributed by atoms with Crippen molar-refractivity contribution >= 4 is 33.1 Å². The van der Waals surface area contributed by atoms with Gasteiger partial charge in [0.2, 0.25) is 0 Å². The molecular formula is C25H20N2. The molecule has 2 heterocycles. The highest BCUT2D eigenvalue weighted by molar-refractivity contribution is 6.15. The molecule has 0 saturated carbocycles. The molecule has 2 heteroatoms. The number of rotatable bonds is 1. The Hall–Kier alpha value is -3.52. The summed E-state index contributed by atoms with van der Waals surface area (Å²) in [5.74, 6) is 0. The Morgan fingerprint density at radius 3 is 2.52 bits per heavy atom. The first-order valence-electron chi connectivity index (χ1n) is 9.22. The molecule has 3 aromatic carbocycles. The van der Waals surface area contributed by atoms with Gasteiger partial charge < -0.3 is 9.88 Å². The number of para-hydroxylation sites is 2. The van der Waals surface area contributed by atoms with Crippen molar-refractivity contribution in [3.8, 4) is 5.69 Å². The number of nitrogens with zero attached hydrogens (tertiary/aromatic N) is 1. The monoisotopic (exact) mass is 348 g/mol. The molecule has 0 aliphatic carbocycles. The molecule has 1 N–H and O–H groups in total. The summed E-state index contributed by atoms with van der Waals surface area (Å²) in [5.41, 5.74) is 6.86. The number of allylic oxidation sites excluding steroid dienone is 4. The molecule has 0 fully saturated rings. The van der Waals surface area contributed by atoms with Gasteiger partial charge in [-0.3, -0.25) is 0 Å². The van der Waals surface area contributed by atoms with Gasteiger partial charge in [0.05, 0.1) is 16.7 Å². The zero-order valence-electron chi connectivity index (χ0n) is 15.0. The second-order valence-electron chi connectivity index (χ2n) is 6.77. The highest BCUT2D eigenvalue weighted by Gasteiger charge is 2.18. The van der Waals surface area contributed by atoms with Gasteiger partial charge in [0.15, 0.2) is 0 Å². The van der Waals surface area contributed by atoms with Crippen LogP contribution in [0, 0.1) is 0 Å². The molecule has 0 unspecified atom stereocenters. The first-order valence-corrected chi connectivity index (χ1v) is 9.22. The van der Waals surface area contributed by atoms with E-state index in [9.17, 15) is 0 Å². The van der Waals surface area contributed by atoms with E-state index in [0.717, 1.165) is 29.1 Å². The lowest BCUT2D eigenvalue weighted by Crippen LogP contribution is -2.04. The average molecular weight is 348 g/mol. The number of nitrogens with one attached hydrogen (secondary N) is 1. The van der Waals surface area contributed by atoms with E-state index in [2.05, 4.69) is 107 Å². The van der Waals surface area contributed by atoms with Crippen molar-refractivity contribution in [1.29, 1.82) is 0 Å². The van der Waals surface area contributed by atoms with Crippen LogP contribution in [0.1, 0.15) is 5.56 Å². The minimum atomic E-state index is 0.778. The van der Waals surface area contributed by atoms with Crippen LogP contribution in [0.15, 0.2) is 97.6 Å². The number of hydrogen-bond acceptors (Lipinski definition) is 1. The van der Waals surface area contributed by atoms with Crippen molar-refractivity contribution < 1.29 is 0 Å². The number of hydrogen-bond donors (Lipinski definition) is 1. The molecule has 0 saturated heterocycles. The zero-order valence-corrected chi connectivity index (χ0v) is 15.0. The summed E-state index contributed by atoms with van der Waals surface area (Å²) < 4.78 is 2.36. The van der Waals surface area contributed by atoms with Crippen molar-refractivity contribution in [3.05, 3.63) is 103 Å². The summed E-state index contributed by atoms with van der Waals surface area (Å²) in [5, 5.41) is 6.15. The maximum Gasteiger partial charge on any atom is 0.0779 e. The lowest BCUT2D eigenvalue weighted by Gasteiger charge is -2.16. The molecule has 0 atom stereocenters. The molecule has 5 rings (SSSR count). The lowest BCUT2D eigenvalue weighted by molar-refractivity contribution is 1.17. The Labute approximate surface area is 158 Å². The van der Waals surface area contributed by atoms with Crippen molar-refractivity contribution in [1.82, 2.24) is 4.57 Å². The highest BCUT2D eigenvalue weighted by Crippen LogP contribution is 2.40. The second kappa shape index (κ2) is 6.33. The van der Waals surface area contributed by atoms with E-state index in [0.29, 0.717) is 0 Å². The van der Waals surface area contributed by atoms with Gasteiger partial charge in [-0.05, 0) is 23.8 Å². The predicted molar refractivity (Wildman–Crippen MR) is 117 cm³/mol. The Morgan fingerprint density at radius 2 is 1.63 bits per heavy atom. The van der Waals surface area contributed by atoms with Crippen LogP contribution in [-0.2, 0) is 0 Å². The maximum atomic E-state index is 4.29. The molecule has 1 aromatic heterocycles. The van der Waals surface area contributed by atoms with Crippen LogP contribution < -0.4 is 5.32 Å². The summed E-state index contributed by atoms with van der Waals surface area (Å²) in [4.78, 5) is 0. The number of benzene rings is 3. The van der Waals surface area contributed by atoms with E-state index in [-0.39, 0.29) is 0 Å². The Balaban J connectivity index is 1.95. The fourth-order valence-corrected chi connectivity index (χ4v) is 3.92. The number of fused-ring (bicyclic) bond motifs is 5. The zero-order chi connectivity index (χ0) is 18.2. The normalized spacial score (nSPS) is 16.2. The first kappa shape index (κ1) is 15.7. The molecule has 130 valence electrons. The van der Waals surface area contributed by atoms with Crippen LogP contribution >= 0.6 is 0 Å². The Bertz CT molecular complexity index is 1220. The van der Waals surface area contributed by atoms with Gasteiger partial charge in [-0.25, -0.2) is 0 Å². The molecule has 1 aliphatic rings. The van der Waals surface area contributed by atoms with Gasteiger partial charge >= 0.3 is 0 Å². The number of anilines is 1. The maximum absolute atomic E-state index is 4.29. The van der Waals surface area contributed by atoms with E-state index in [1.807, 2.05) is 0 Å². The van der Waals surface area contributed by atoms with E-state index in [4.69, 9.17) is 0 Å². The molecule has 27 heavy (non-hydrogen) atoms. The fourth-order valence-electron chi connectivity index (χ4n) is 3.92. The van der Waals surface area contributed by atoms with Gasteiger partial charge in [-0.15, -0.1) is 0 Å². The Kier molecular flexibility index (Phi) is 3.68. The van der Waals surface area contributed by atoms with Gasteiger partial charge in [0.1, 0.15) is 0 Å². The van der Waals surface area contributed by atoms with Crippen molar-refractivity contribution in [2.24, 2.45) is 0 Å². The van der Waals surface area contributed by atoms with E-state index < -0.39 is 0 Å². The molecule has 1 aliphatic heterocycles. The quantitative estimate of drug-likeness (QED) is 0.425. The average Bonchev–Trinajstić information content (AvgIpc) is 3.09. The molecule has 0 amide bonds. The van der Waals surface area contributed by atoms with Crippen LogP contribution in [0.5, 0.6) is 0 Å². The summed E-state index contributed by atoms with van der Waals surface area (Å²) in [6, 6.07) is 23.6. The molecule has 0 bridgehead atoms. The van der Waals surface area contributed by atoms with Crippen LogP contribution in [0.4, 0.5) is 5.69 Å². The minimum Gasteiger partial charge on any atom is -0.379 e. The standard InChI is InChI=1S/C25H20N2/c1-18-10-4-3-9-17-26-24-20(18)15-16-22-21-13-7-8-14-23(21)27(25(22)24)19-11-5-2-6-12-19/h2-16,26H,1,17H2/b9-3-,10-4-. The first-order chi connectivity index (χ1) is 13.3. The van der Waals surface area contributed by atoms with Crippen LogP contribution in [-0.4, -0.2) is 11.1 Å². The molecular weight excluding hydrogens is 328 g/mol. The third kappa shape index (κ3) is 2.49. The predicted octanol–water partition coefficient (Wildman–Crippen LogP) is 6.33. The summed E-state index contributed by atoms with van der Waals surface area (Å²) >= 11 is 0. The van der Waals surface area contributed by atoms with Gasteiger partial charge in [-0.2, -0.15) is 0 Å².